The summed E-state index contributed by atoms with van der Waals surface area (Å²) in [7, 11) is 1.95. The van der Waals surface area contributed by atoms with E-state index in [1.165, 1.54) is 5.69 Å². The maximum absolute atomic E-state index is 9.62. The zero-order valence-corrected chi connectivity index (χ0v) is 11.2. The summed E-state index contributed by atoms with van der Waals surface area (Å²) < 4.78 is 1.88. The Labute approximate surface area is 104 Å². The summed E-state index contributed by atoms with van der Waals surface area (Å²) >= 11 is 0. The summed E-state index contributed by atoms with van der Waals surface area (Å²) in [6, 6.07) is 2.02. The van der Waals surface area contributed by atoms with E-state index in [-0.39, 0.29) is 12.0 Å². The molecule has 1 atom stereocenters. The molecule has 0 amide bonds. The van der Waals surface area contributed by atoms with Crippen LogP contribution in [0.1, 0.15) is 32.4 Å². The lowest BCUT2D eigenvalue weighted by molar-refractivity contribution is 0.0984. The predicted octanol–water partition coefficient (Wildman–Crippen LogP) is 1.34. The molecule has 1 aromatic heterocycles. The van der Waals surface area contributed by atoms with Gasteiger partial charge in [0, 0.05) is 37.5 Å². The fourth-order valence-electron chi connectivity index (χ4n) is 2.40. The molecule has 0 aromatic carbocycles. The number of nitrogens with two attached hydrogens (primary N) is 1. The molecule has 0 saturated heterocycles. The van der Waals surface area contributed by atoms with Crippen LogP contribution in [0.5, 0.6) is 0 Å². The van der Waals surface area contributed by atoms with Gasteiger partial charge in [-0.05, 0) is 31.2 Å². The third-order valence-electron chi connectivity index (χ3n) is 3.44. The van der Waals surface area contributed by atoms with Crippen LogP contribution >= 0.6 is 0 Å². The molecule has 3 N–H and O–H groups in total. The van der Waals surface area contributed by atoms with Gasteiger partial charge in [-0.2, -0.15) is 5.10 Å². The molecule has 17 heavy (non-hydrogen) atoms. The topological polar surface area (TPSA) is 64.1 Å². The van der Waals surface area contributed by atoms with Gasteiger partial charge >= 0.3 is 0 Å². The van der Waals surface area contributed by atoms with Crippen LogP contribution in [0.4, 0.5) is 0 Å². The van der Waals surface area contributed by atoms with Crippen molar-refractivity contribution in [1.29, 1.82) is 0 Å². The first-order chi connectivity index (χ1) is 8.03. The minimum atomic E-state index is -0.140. The Hall–Kier alpha value is -0.870. The molecule has 4 nitrogen and oxygen atoms in total. The second-order valence-electron chi connectivity index (χ2n) is 5.41. The standard InChI is InChI=1S/C13H25N3O/c1-11(2)8-13(9-14,10-17)6-4-12-5-7-15-16(12)3/h5,7,11,17H,4,6,8-10,14H2,1-3H3. The number of nitrogens with zero attached hydrogens (tertiary/aromatic N) is 2. The first-order valence-electron chi connectivity index (χ1n) is 6.31. The van der Waals surface area contributed by atoms with Crippen molar-refractivity contribution in [3.63, 3.8) is 0 Å². The van der Waals surface area contributed by atoms with Gasteiger partial charge in [-0.1, -0.05) is 13.8 Å². The molecule has 1 aromatic rings. The van der Waals surface area contributed by atoms with E-state index in [0.717, 1.165) is 19.3 Å². The Morgan fingerprint density at radius 2 is 2.24 bits per heavy atom. The van der Waals surface area contributed by atoms with E-state index < -0.39 is 0 Å². The molecule has 98 valence electrons. The van der Waals surface area contributed by atoms with Crippen LogP contribution in [0, 0.1) is 11.3 Å². The van der Waals surface area contributed by atoms with Gasteiger partial charge < -0.3 is 10.8 Å². The van der Waals surface area contributed by atoms with Crippen LogP contribution in [0.2, 0.25) is 0 Å². The molecule has 1 heterocycles. The summed E-state index contributed by atoms with van der Waals surface area (Å²) in [5, 5.41) is 13.8. The number of aliphatic hydroxyl groups is 1. The summed E-state index contributed by atoms with van der Waals surface area (Å²) in [6.45, 7) is 5.05. The van der Waals surface area contributed by atoms with Crippen molar-refractivity contribution in [3.05, 3.63) is 18.0 Å². The highest BCUT2D eigenvalue weighted by Crippen LogP contribution is 2.30. The van der Waals surface area contributed by atoms with E-state index in [1.54, 1.807) is 6.20 Å². The largest absolute Gasteiger partial charge is 0.396 e. The normalized spacial score (nSPS) is 15.2. The van der Waals surface area contributed by atoms with Crippen molar-refractivity contribution < 1.29 is 5.11 Å². The zero-order valence-electron chi connectivity index (χ0n) is 11.2. The highest BCUT2D eigenvalue weighted by atomic mass is 16.3. The molecule has 1 rings (SSSR count). The summed E-state index contributed by atoms with van der Waals surface area (Å²) in [4.78, 5) is 0. The number of aliphatic hydroxyl groups excluding tert-OH is 1. The van der Waals surface area contributed by atoms with Crippen molar-refractivity contribution in [2.75, 3.05) is 13.2 Å². The molecule has 0 aliphatic carbocycles. The highest BCUT2D eigenvalue weighted by molar-refractivity contribution is 5.01. The Morgan fingerprint density at radius 1 is 1.53 bits per heavy atom. The molecular weight excluding hydrogens is 214 g/mol. The molecule has 0 radical (unpaired) electrons. The second-order valence-corrected chi connectivity index (χ2v) is 5.41. The maximum atomic E-state index is 9.62. The number of aryl methyl sites for hydroxylation is 2. The van der Waals surface area contributed by atoms with E-state index in [4.69, 9.17) is 5.73 Å². The first kappa shape index (κ1) is 14.2. The van der Waals surface area contributed by atoms with Crippen LogP contribution in [0.25, 0.3) is 0 Å². The van der Waals surface area contributed by atoms with Crippen LogP contribution in [0.3, 0.4) is 0 Å². The van der Waals surface area contributed by atoms with Gasteiger partial charge in [0.25, 0.3) is 0 Å². The van der Waals surface area contributed by atoms with Gasteiger partial charge in [0.2, 0.25) is 0 Å². The quantitative estimate of drug-likeness (QED) is 0.754. The summed E-state index contributed by atoms with van der Waals surface area (Å²) in [6.07, 6.45) is 4.61. The van der Waals surface area contributed by atoms with Crippen molar-refractivity contribution in [2.45, 2.75) is 33.1 Å². The first-order valence-corrected chi connectivity index (χ1v) is 6.31. The lowest BCUT2D eigenvalue weighted by atomic mass is 9.77. The van der Waals surface area contributed by atoms with Crippen LogP contribution in [-0.4, -0.2) is 28.0 Å². The minimum Gasteiger partial charge on any atom is -0.396 e. The average Bonchev–Trinajstić information content (AvgIpc) is 2.70. The van der Waals surface area contributed by atoms with Crippen molar-refractivity contribution in [1.82, 2.24) is 9.78 Å². The Kier molecular flexibility index (Phi) is 5.15. The van der Waals surface area contributed by atoms with Crippen LogP contribution in [0.15, 0.2) is 12.3 Å². The molecule has 0 aliphatic heterocycles. The number of aromatic nitrogens is 2. The third-order valence-corrected chi connectivity index (χ3v) is 3.44. The van der Waals surface area contributed by atoms with Crippen molar-refractivity contribution in [2.24, 2.45) is 24.1 Å². The van der Waals surface area contributed by atoms with Gasteiger partial charge in [0.1, 0.15) is 0 Å². The Balaban J connectivity index is 2.64. The van der Waals surface area contributed by atoms with Gasteiger partial charge in [0.15, 0.2) is 0 Å². The van der Waals surface area contributed by atoms with E-state index in [2.05, 4.69) is 18.9 Å². The highest BCUT2D eigenvalue weighted by Gasteiger charge is 2.28. The van der Waals surface area contributed by atoms with Crippen molar-refractivity contribution >= 4 is 0 Å². The van der Waals surface area contributed by atoms with Crippen LogP contribution in [-0.2, 0) is 13.5 Å². The van der Waals surface area contributed by atoms with E-state index in [0.29, 0.717) is 12.5 Å². The van der Waals surface area contributed by atoms with Gasteiger partial charge in [-0.15, -0.1) is 0 Å². The summed E-state index contributed by atoms with van der Waals surface area (Å²) in [5.41, 5.74) is 6.92. The maximum Gasteiger partial charge on any atom is 0.0499 e. The molecule has 0 saturated carbocycles. The van der Waals surface area contributed by atoms with Crippen molar-refractivity contribution in [3.8, 4) is 0 Å². The van der Waals surface area contributed by atoms with E-state index in [9.17, 15) is 5.11 Å². The molecule has 0 aliphatic rings. The zero-order chi connectivity index (χ0) is 12.9. The molecule has 0 spiro atoms. The monoisotopic (exact) mass is 239 g/mol. The SMILES string of the molecule is CC(C)CC(CN)(CO)CCc1ccnn1C. The average molecular weight is 239 g/mol. The molecule has 1 unspecified atom stereocenters. The fraction of sp³-hybridized carbons (Fsp3) is 0.769. The fourth-order valence-corrected chi connectivity index (χ4v) is 2.40. The Morgan fingerprint density at radius 3 is 2.65 bits per heavy atom. The van der Waals surface area contributed by atoms with Gasteiger partial charge in [-0.3, -0.25) is 4.68 Å². The second kappa shape index (κ2) is 6.17. The van der Waals surface area contributed by atoms with E-state index in [1.807, 2.05) is 17.8 Å². The predicted molar refractivity (Wildman–Crippen MR) is 69.6 cm³/mol. The Bertz CT molecular complexity index is 329. The third kappa shape index (κ3) is 3.82. The number of rotatable bonds is 7. The number of hydrogen-bond donors (Lipinski definition) is 2. The molecule has 4 heteroatoms. The van der Waals surface area contributed by atoms with Crippen LogP contribution < -0.4 is 5.73 Å². The lowest BCUT2D eigenvalue weighted by Gasteiger charge is -2.32. The lowest BCUT2D eigenvalue weighted by Crippen LogP contribution is -2.36. The van der Waals surface area contributed by atoms with Gasteiger partial charge in [-0.25, -0.2) is 0 Å². The molecular formula is C13H25N3O. The van der Waals surface area contributed by atoms with E-state index >= 15 is 0 Å². The molecule has 0 bridgehead atoms. The molecule has 0 fully saturated rings. The van der Waals surface area contributed by atoms with Gasteiger partial charge in [0.05, 0.1) is 0 Å². The minimum absolute atomic E-state index is 0.140. The smallest absolute Gasteiger partial charge is 0.0499 e. The number of hydrogen-bond acceptors (Lipinski definition) is 3. The summed E-state index contributed by atoms with van der Waals surface area (Å²) in [5.74, 6) is 0.553.